The molecule has 1 heterocycles. The molecule has 0 saturated carbocycles. The van der Waals surface area contributed by atoms with Gasteiger partial charge in [0, 0.05) is 21.5 Å². The van der Waals surface area contributed by atoms with Gasteiger partial charge in [-0.05, 0) is 18.2 Å². The fourth-order valence-corrected chi connectivity index (χ4v) is 1.87. The van der Waals surface area contributed by atoms with Crippen LogP contribution in [0.4, 0.5) is 0 Å². The van der Waals surface area contributed by atoms with Gasteiger partial charge in [0.2, 0.25) is 0 Å². The van der Waals surface area contributed by atoms with Gasteiger partial charge in [-0.1, -0.05) is 37.0 Å². The topological polar surface area (TPSA) is 41.6 Å². The SMILES string of the molecule is CC(C)c1nc(-c2cc(Cl)cc(Cl)c2)n[nH]1. The summed E-state index contributed by atoms with van der Waals surface area (Å²) in [4.78, 5) is 4.38. The average molecular weight is 256 g/mol. The first-order valence-corrected chi connectivity index (χ1v) is 5.70. The zero-order valence-electron chi connectivity index (χ0n) is 8.96. The van der Waals surface area contributed by atoms with Crippen molar-refractivity contribution in [3.05, 3.63) is 34.1 Å². The lowest BCUT2D eigenvalue weighted by Crippen LogP contribution is -1.89. The summed E-state index contributed by atoms with van der Waals surface area (Å²) in [5, 5.41) is 8.20. The van der Waals surface area contributed by atoms with E-state index in [1.165, 1.54) is 0 Å². The maximum Gasteiger partial charge on any atom is 0.181 e. The Hall–Kier alpha value is -1.06. The predicted octanol–water partition coefficient (Wildman–Crippen LogP) is 3.90. The third kappa shape index (κ3) is 2.36. The van der Waals surface area contributed by atoms with Gasteiger partial charge in [-0.15, -0.1) is 0 Å². The molecule has 0 amide bonds. The zero-order valence-corrected chi connectivity index (χ0v) is 10.5. The maximum absolute atomic E-state index is 5.92. The fraction of sp³-hybridized carbons (Fsp3) is 0.273. The van der Waals surface area contributed by atoms with Crippen molar-refractivity contribution in [3.63, 3.8) is 0 Å². The van der Waals surface area contributed by atoms with Crippen molar-refractivity contribution in [1.29, 1.82) is 0 Å². The molecule has 16 heavy (non-hydrogen) atoms. The first-order chi connectivity index (χ1) is 7.56. The van der Waals surface area contributed by atoms with Crippen LogP contribution in [0.15, 0.2) is 18.2 Å². The lowest BCUT2D eigenvalue weighted by molar-refractivity contribution is 0.781. The van der Waals surface area contributed by atoms with Gasteiger partial charge in [-0.25, -0.2) is 4.98 Å². The standard InChI is InChI=1S/C11H11Cl2N3/c1-6(2)10-14-11(16-15-10)7-3-8(12)5-9(13)4-7/h3-6H,1-2H3,(H,14,15,16). The molecule has 0 aliphatic heterocycles. The highest BCUT2D eigenvalue weighted by Gasteiger charge is 2.09. The Labute approximate surface area is 104 Å². The summed E-state index contributed by atoms with van der Waals surface area (Å²) in [6.45, 7) is 4.10. The average Bonchev–Trinajstić information content (AvgIpc) is 2.64. The number of aromatic nitrogens is 3. The van der Waals surface area contributed by atoms with Crippen LogP contribution in [0.2, 0.25) is 10.0 Å². The van der Waals surface area contributed by atoms with E-state index >= 15 is 0 Å². The summed E-state index contributed by atoms with van der Waals surface area (Å²) in [5.74, 6) is 1.79. The summed E-state index contributed by atoms with van der Waals surface area (Å²) in [5.41, 5.74) is 0.820. The van der Waals surface area contributed by atoms with Crippen LogP contribution in [0.1, 0.15) is 25.6 Å². The summed E-state index contributed by atoms with van der Waals surface area (Å²) in [6, 6.07) is 5.27. The Kier molecular flexibility index (Phi) is 3.17. The van der Waals surface area contributed by atoms with Gasteiger partial charge in [0.15, 0.2) is 5.82 Å². The Balaban J connectivity index is 2.42. The van der Waals surface area contributed by atoms with E-state index < -0.39 is 0 Å². The van der Waals surface area contributed by atoms with Crippen molar-refractivity contribution < 1.29 is 0 Å². The summed E-state index contributed by atoms with van der Waals surface area (Å²) in [6.07, 6.45) is 0. The molecular formula is C11H11Cl2N3. The second-order valence-electron chi connectivity index (χ2n) is 3.86. The quantitative estimate of drug-likeness (QED) is 0.885. The van der Waals surface area contributed by atoms with Gasteiger partial charge in [0.1, 0.15) is 5.82 Å². The maximum atomic E-state index is 5.92. The molecule has 0 saturated heterocycles. The highest BCUT2D eigenvalue weighted by Crippen LogP contribution is 2.25. The van der Waals surface area contributed by atoms with Crippen LogP contribution in [0.3, 0.4) is 0 Å². The molecule has 0 bridgehead atoms. The van der Waals surface area contributed by atoms with Crippen LogP contribution in [-0.4, -0.2) is 15.2 Å². The van der Waals surface area contributed by atoms with Crippen LogP contribution < -0.4 is 0 Å². The number of hydrogen-bond acceptors (Lipinski definition) is 2. The second kappa shape index (κ2) is 4.44. The van der Waals surface area contributed by atoms with Gasteiger partial charge in [0.25, 0.3) is 0 Å². The Morgan fingerprint density at radius 2 is 1.75 bits per heavy atom. The number of H-pyrrole nitrogens is 1. The van der Waals surface area contributed by atoms with Crippen molar-refractivity contribution in [2.45, 2.75) is 19.8 Å². The smallest absolute Gasteiger partial charge is 0.181 e. The van der Waals surface area contributed by atoms with Gasteiger partial charge >= 0.3 is 0 Å². The van der Waals surface area contributed by atoms with Crippen LogP contribution in [0.25, 0.3) is 11.4 Å². The summed E-state index contributed by atoms with van der Waals surface area (Å²) >= 11 is 11.8. The van der Waals surface area contributed by atoms with Gasteiger partial charge in [-0.3, -0.25) is 5.10 Å². The van der Waals surface area contributed by atoms with Crippen molar-refractivity contribution in [3.8, 4) is 11.4 Å². The molecule has 0 aliphatic carbocycles. The molecule has 1 aromatic heterocycles. The fourth-order valence-electron chi connectivity index (χ4n) is 1.34. The van der Waals surface area contributed by atoms with E-state index in [2.05, 4.69) is 29.0 Å². The second-order valence-corrected chi connectivity index (χ2v) is 4.73. The number of nitrogens with one attached hydrogen (secondary N) is 1. The van der Waals surface area contributed by atoms with Crippen LogP contribution >= 0.6 is 23.2 Å². The zero-order chi connectivity index (χ0) is 11.7. The van der Waals surface area contributed by atoms with Crippen LogP contribution in [-0.2, 0) is 0 Å². The van der Waals surface area contributed by atoms with Crippen molar-refractivity contribution in [2.75, 3.05) is 0 Å². The molecule has 84 valence electrons. The molecule has 0 fully saturated rings. The van der Waals surface area contributed by atoms with Gasteiger partial charge < -0.3 is 0 Å². The number of nitrogens with zero attached hydrogens (tertiary/aromatic N) is 2. The molecule has 1 aromatic carbocycles. The molecule has 0 spiro atoms. The molecule has 0 unspecified atom stereocenters. The third-order valence-corrected chi connectivity index (χ3v) is 2.61. The minimum atomic E-state index is 0.316. The van der Waals surface area contributed by atoms with E-state index in [0.717, 1.165) is 11.4 Å². The molecule has 3 nitrogen and oxygen atoms in total. The monoisotopic (exact) mass is 255 g/mol. The minimum Gasteiger partial charge on any atom is -0.262 e. The number of benzene rings is 1. The normalized spacial score (nSPS) is 11.1. The molecule has 1 N–H and O–H groups in total. The molecule has 0 radical (unpaired) electrons. The Bertz CT molecular complexity index is 485. The van der Waals surface area contributed by atoms with E-state index in [4.69, 9.17) is 23.2 Å². The van der Waals surface area contributed by atoms with Crippen LogP contribution in [0, 0.1) is 0 Å². The van der Waals surface area contributed by atoms with E-state index in [-0.39, 0.29) is 0 Å². The van der Waals surface area contributed by atoms with E-state index in [1.54, 1.807) is 18.2 Å². The Morgan fingerprint density at radius 3 is 2.25 bits per heavy atom. The van der Waals surface area contributed by atoms with E-state index in [9.17, 15) is 0 Å². The van der Waals surface area contributed by atoms with Crippen molar-refractivity contribution >= 4 is 23.2 Å². The Morgan fingerprint density at radius 1 is 1.12 bits per heavy atom. The predicted molar refractivity (Wildman–Crippen MR) is 65.9 cm³/mol. The summed E-state index contributed by atoms with van der Waals surface area (Å²) in [7, 11) is 0. The number of halogens is 2. The van der Waals surface area contributed by atoms with E-state index in [1.807, 2.05) is 0 Å². The first kappa shape index (κ1) is 11.4. The highest BCUT2D eigenvalue weighted by molar-refractivity contribution is 6.35. The van der Waals surface area contributed by atoms with Crippen molar-refractivity contribution in [2.24, 2.45) is 0 Å². The highest BCUT2D eigenvalue weighted by atomic mass is 35.5. The minimum absolute atomic E-state index is 0.316. The largest absolute Gasteiger partial charge is 0.262 e. The van der Waals surface area contributed by atoms with Gasteiger partial charge in [0.05, 0.1) is 0 Å². The third-order valence-electron chi connectivity index (χ3n) is 2.17. The molecule has 2 aromatic rings. The van der Waals surface area contributed by atoms with E-state index in [0.29, 0.717) is 21.8 Å². The molecule has 5 heteroatoms. The van der Waals surface area contributed by atoms with Crippen LogP contribution in [0.5, 0.6) is 0 Å². The lowest BCUT2D eigenvalue weighted by atomic mass is 10.2. The van der Waals surface area contributed by atoms with Gasteiger partial charge in [-0.2, -0.15) is 5.10 Å². The number of rotatable bonds is 2. The molecule has 0 atom stereocenters. The van der Waals surface area contributed by atoms with Crippen molar-refractivity contribution in [1.82, 2.24) is 15.2 Å². The molecular weight excluding hydrogens is 245 g/mol. The number of aromatic amines is 1. The number of hydrogen-bond donors (Lipinski definition) is 1. The summed E-state index contributed by atoms with van der Waals surface area (Å²) < 4.78 is 0. The molecule has 2 rings (SSSR count). The first-order valence-electron chi connectivity index (χ1n) is 4.95. The molecule has 0 aliphatic rings. The lowest BCUT2D eigenvalue weighted by Gasteiger charge is -1.98.